The zero-order chi connectivity index (χ0) is 25.3. The van der Waals surface area contributed by atoms with Gasteiger partial charge in [0.2, 0.25) is 0 Å². The highest BCUT2D eigenvalue weighted by atomic mass is 35.5. The van der Waals surface area contributed by atoms with E-state index in [0.29, 0.717) is 45.1 Å². The van der Waals surface area contributed by atoms with Crippen LogP contribution in [0.3, 0.4) is 0 Å². The zero-order valence-electron chi connectivity index (χ0n) is 19.6. The SMILES string of the molecule is Cc1cccc(C2/C(=C(\O)c3ccc(OCC(C)C)cc3)C(=O)C(=O)N2c2cc(Cl)cc(Cl)c2)c1. The van der Waals surface area contributed by atoms with Crippen LogP contribution in [0.2, 0.25) is 10.0 Å². The van der Waals surface area contributed by atoms with Crippen molar-refractivity contribution in [2.45, 2.75) is 26.8 Å². The molecule has 0 saturated carbocycles. The molecule has 5 nitrogen and oxygen atoms in total. The fraction of sp³-hybridized carbons (Fsp3) is 0.214. The lowest BCUT2D eigenvalue weighted by Gasteiger charge is -2.26. The second kappa shape index (κ2) is 10.1. The van der Waals surface area contributed by atoms with Gasteiger partial charge in [-0.05, 0) is 60.9 Å². The molecule has 1 N–H and O–H groups in total. The number of halogens is 2. The van der Waals surface area contributed by atoms with E-state index >= 15 is 0 Å². The molecule has 180 valence electrons. The molecule has 0 spiro atoms. The largest absolute Gasteiger partial charge is 0.507 e. The summed E-state index contributed by atoms with van der Waals surface area (Å²) in [6.07, 6.45) is 0. The number of amides is 1. The molecule has 3 aromatic rings. The average Bonchev–Trinajstić information content (AvgIpc) is 3.07. The first-order chi connectivity index (χ1) is 16.7. The van der Waals surface area contributed by atoms with Gasteiger partial charge >= 0.3 is 0 Å². The number of aryl methyl sites for hydroxylation is 1. The van der Waals surface area contributed by atoms with Gasteiger partial charge in [-0.3, -0.25) is 14.5 Å². The van der Waals surface area contributed by atoms with Gasteiger partial charge in [-0.15, -0.1) is 0 Å². The Morgan fingerprint density at radius 1 is 1.00 bits per heavy atom. The third kappa shape index (κ3) is 5.21. The Kier molecular flexibility index (Phi) is 7.20. The Morgan fingerprint density at radius 3 is 2.26 bits per heavy atom. The summed E-state index contributed by atoms with van der Waals surface area (Å²) in [4.78, 5) is 27.9. The second-order valence-corrected chi connectivity index (χ2v) is 9.81. The number of anilines is 1. The minimum absolute atomic E-state index is 0.00690. The maximum Gasteiger partial charge on any atom is 0.300 e. The van der Waals surface area contributed by atoms with E-state index in [4.69, 9.17) is 27.9 Å². The number of ether oxygens (including phenoxy) is 1. The van der Waals surface area contributed by atoms with E-state index in [1.807, 2.05) is 31.2 Å². The molecule has 3 aromatic carbocycles. The molecule has 1 aliphatic rings. The summed E-state index contributed by atoms with van der Waals surface area (Å²) in [5.74, 6) is -0.799. The van der Waals surface area contributed by atoms with Gasteiger partial charge in [0, 0.05) is 21.3 Å². The van der Waals surface area contributed by atoms with E-state index in [0.717, 1.165) is 5.56 Å². The fourth-order valence-electron chi connectivity index (χ4n) is 4.06. The topological polar surface area (TPSA) is 66.8 Å². The van der Waals surface area contributed by atoms with E-state index in [1.54, 1.807) is 42.5 Å². The van der Waals surface area contributed by atoms with Crippen molar-refractivity contribution in [3.8, 4) is 5.75 Å². The highest BCUT2D eigenvalue weighted by Gasteiger charge is 2.47. The van der Waals surface area contributed by atoms with Crippen LogP contribution < -0.4 is 9.64 Å². The van der Waals surface area contributed by atoms with Crippen LogP contribution in [0.15, 0.2) is 72.3 Å². The first kappa shape index (κ1) is 24.8. The normalized spacial score (nSPS) is 17.3. The van der Waals surface area contributed by atoms with Gasteiger partial charge in [0.05, 0.1) is 18.2 Å². The summed E-state index contributed by atoms with van der Waals surface area (Å²) in [5, 5.41) is 11.9. The van der Waals surface area contributed by atoms with Gasteiger partial charge < -0.3 is 9.84 Å². The van der Waals surface area contributed by atoms with E-state index in [2.05, 4.69) is 13.8 Å². The van der Waals surface area contributed by atoms with Crippen LogP contribution in [0.25, 0.3) is 5.76 Å². The minimum Gasteiger partial charge on any atom is -0.507 e. The molecule has 1 unspecified atom stereocenters. The molecule has 1 saturated heterocycles. The highest BCUT2D eigenvalue weighted by molar-refractivity contribution is 6.52. The molecule has 1 aliphatic heterocycles. The number of aliphatic hydroxyl groups excluding tert-OH is 1. The van der Waals surface area contributed by atoms with Crippen LogP contribution in [0.4, 0.5) is 5.69 Å². The third-order valence-electron chi connectivity index (χ3n) is 5.64. The van der Waals surface area contributed by atoms with Crippen LogP contribution in [0.1, 0.15) is 36.6 Å². The lowest BCUT2D eigenvalue weighted by atomic mass is 9.94. The van der Waals surface area contributed by atoms with Crippen molar-refractivity contribution in [1.29, 1.82) is 0 Å². The molecule has 1 atom stereocenters. The van der Waals surface area contributed by atoms with Gasteiger partial charge in [-0.25, -0.2) is 0 Å². The van der Waals surface area contributed by atoms with Crippen LogP contribution in [-0.4, -0.2) is 23.4 Å². The third-order valence-corrected chi connectivity index (χ3v) is 6.08. The molecule has 1 heterocycles. The molecule has 1 amide bonds. The van der Waals surface area contributed by atoms with Crippen LogP contribution >= 0.6 is 23.2 Å². The number of carbonyl (C=O) groups excluding carboxylic acids is 2. The molecule has 0 aromatic heterocycles. The number of benzene rings is 3. The van der Waals surface area contributed by atoms with Crippen molar-refractivity contribution in [2.75, 3.05) is 11.5 Å². The fourth-order valence-corrected chi connectivity index (χ4v) is 4.57. The summed E-state index contributed by atoms with van der Waals surface area (Å²) in [6, 6.07) is 18.1. The molecule has 0 radical (unpaired) electrons. The first-order valence-corrected chi connectivity index (χ1v) is 12.0. The summed E-state index contributed by atoms with van der Waals surface area (Å²) < 4.78 is 5.71. The van der Waals surface area contributed by atoms with Crippen LogP contribution in [-0.2, 0) is 9.59 Å². The van der Waals surface area contributed by atoms with E-state index in [-0.39, 0.29) is 11.3 Å². The van der Waals surface area contributed by atoms with Crippen molar-refractivity contribution in [2.24, 2.45) is 5.92 Å². The Bertz CT molecular complexity index is 1290. The summed E-state index contributed by atoms with van der Waals surface area (Å²) >= 11 is 12.4. The Hall–Kier alpha value is -3.28. The highest BCUT2D eigenvalue weighted by Crippen LogP contribution is 2.43. The molecular formula is C28H25Cl2NO4. The Balaban J connectivity index is 1.85. The molecule has 0 bridgehead atoms. The second-order valence-electron chi connectivity index (χ2n) is 8.94. The predicted octanol–water partition coefficient (Wildman–Crippen LogP) is 6.96. The van der Waals surface area contributed by atoms with Crippen molar-refractivity contribution in [1.82, 2.24) is 0 Å². The van der Waals surface area contributed by atoms with Gasteiger partial charge in [-0.2, -0.15) is 0 Å². The number of carbonyl (C=O) groups is 2. The number of aliphatic hydroxyl groups is 1. The number of rotatable bonds is 6. The summed E-state index contributed by atoms with van der Waals surface area (Å²) in [7, 11) is 0. The molecule has 7 heteroatoms. The number of hydrogen-bond donors (Lipinski definition) is 1. The van der Waals surface area contributed by atoms with Crippen molar-refractivity contribution in [3.05, 3.63) is 99.0 Å². The van der Waals surface area contributed by atoms with Crippen molar-refractivity contribution >= 4 is 46.3 Å². The van der Waals surface area contributed by atoms with Gasteiger partial charge in [0.25, 0.3) is 11.7 Å². The lowest BCUT2D eigenvalue weighted by molar-refractivity contribution is -0.132. The standard InChI is InChI=1S/C28H25Cl2NO4/c1-16(2)15-35-23-9-7-18(8-10-23)26(32)24-25(19-6-4-5-17(3)11-19)31(28(34)27(24)33)22-13-20(29)12-21(30)14-22/h4-14,16,25,32H,15H2,1-3H3/b26-24+. The Labute approximate surface area is 214 Å². The Morgan fingerprint density at radius 2 is 1.66 bits per heavy atom. The van der Waals surface area contributed by atoms with Gasteiger partial charge in [0.1, 0.15) is 11.5 Å². The molecule has 0 aliphatic carbocycles. The van der Waals surface area contributed by atoms with Crippen LogP contribution in [0, 0.1) is 12.8 Å². The summed E-state index contributed by atoms with van der Waals surface area (Å²) in [5.41, 5.74) is 2.39. The first-order valence-electron chi connectivity index (χ1n) is 11.2. The van der Waals surface area contributed by atoms with E-state index < -0.39 is 17.7 Å². The smallest absolute Gasteiger partial charge is 0.300 e. The number of Topliss-reactive ketones (excluding diaryl/α,β-unsaturated/α-hetero) is 1. The average molecular weight is 510 g/mol. The van der Waals surface area contributed by atoms with Crippen molar-refractivity contribution < 1.29 is 19.4 Å². The molecular weight excluding hydrogens is 485 g/mol. The number of ketones is 1. The maximum absolute atomic E-state index is 13.3. The monoisotopic (exact) mass is 509 g/mol. The quantitative estimate of drug-likeness (QED) is 0.221. The maximum atomic E-state index is 13.3. The van der Waals surface area contributed by atoms with Gasteiger partial charge in [-0.1, -0.05) is 66.9 Å². The number of hydrogen-bond acceptors (Lipinski definition) is 4. The van der Waals surface area contributed by atoms with E-state index in [1.165, 1.54) is 4.90 Å². The van der Waals surface area contributed by atoms with Gasteiger partial charge in [0.15, 0.2) is 0 Å². The van der Waals surface area contributed by atoms with E-state index in [9.17, 15) is 14.7 Å². The van der Waals surface area contributed by atoms with Crippen LogP contribution in [0.5, 0.6) is 5.75 Å². The predicted molar refractivity (Wildman–Crippen MR) is 139 cm³/mol. The zero-order valence-corrected chi connectivity index (χ0v) is 21.1. The van der Waals surface area contributed by atoms with Crippen molar-refractivity contribution in [3.63, 3.8) is 0 Å². The lowest BCUT2D eigenvalue weighted by Crippen LogP contribution is -2.29. The number of nitrogens with zero attached hydrogens (tertiary/aromatic N) is 1. The molecule has 35 heavy (non-hydrogen) atoms. The molecule has 1 fully saturated rings. The molecule has 4 rings (SSSR count). The minimum atomic E-state index is -0.860. The summed E-state index contributed by atoms with van der Waals surface area (Å²) in [6.45, 7) is 6.59.